The Morgan fingerprint density at radius 3 is 1.60 bits per heavy atom. The Morgan fingerprint density at radius 1 is 0.647 bits per heavy atom. The molecule has 2 fully saturated rings. The van der Waals surface area contributed by atoms with E-state index in [1.165, 1.54) is 0 Å². The highest BCUT2D eigenvalue weighted by Gasteiger charge is 2.59. The van der Waals surface area contributed by atoms with Crippen molar-refractivity contribution in [1.82, 2.24) is 0 Å². The zero-order chi connectivity index (χ0) is 51.6. The molecule has 19 heteroatoms. The monoisotopic (exact) mass is 1040 g/mol. The van der Waals surface area contributed by atoms with Gasteiger partial charge in [-0.05, 0) is 110 Å². The second-order valence-electron chi connectivity index (χ2n) is 25.3. The number of fused-ring (bicyclic) bond motifs is 5. The molecule has 0 saturated heterocycles. The molecule has 3 aliphatic rings. The van der Waals surface area contributed by atoms with Crippen LogP contribution in [0.15, 0.2) is 17.5 Å². The number of allylic oxidation sites excluding steroid dienone is 1. The van der Waals surface area contributed by atoms with E-state index in [2.05, 4.69) is 147 Å². The second-order valence-corrected chi connectivity index (χ2v) is 44.3. The lowest BCUT2D eigenvalue weighted by Gasteiger charge is -2.36. The fourth-order valence-corrected chi connectivity index (χ4v) is 10.4. The lowest BCUT2D eigenvalue weighted by molar-refractivity contribution is -0.305. The predicted molar refractivity (Wildman–Crippen MR) is 277 cm³/mol. The third-order valence-electron chi connectivity index (χ3n) is 15.9. The van der Waals surface area contributed by atoms with E-state index < -0.39 is 45.5 Å². The van der Waals surface area contributed by atoms with Gasteiger partial charge in [-0.3, -0.25) is 13.9 Å². The van der Waals surface area contributed by atoms with Gasteiger partial charge in [-0.2, -0.15) is 4.89 Å². The number of hydrogen-bond acceptors (Lipinski definition) is 15. The summed E-state index contributed by atoms with van der Waals surface area (Å²) in [7, 11) is -8.11. The van der Waals surface area contributed by atoms with Gasteiger partial charge in [-0.1, -0.05) is 94.8 Å². The molecule has 3 rings (SSSR count). The van der Waals surface area contributed by atoms with Crippen LogP contribution >= 0.6 is 0 Å². The normalized spacial score (nSPS) is 21.7. The van der Waals surface area contributed by atoms with Crippen molar-refractivity contribution in [2.45, 2.75) is 200 Å². The molecule has 0 aromatic carbocycles. The molecule has 15 nitrogen and oxygen atoms in total. The van der Waals surface area contributed by atoms with E-state index in [0.29, 0.717) is 62.3 Å². The van der Waals surface area contributed by atoms with Gasteiger partial charge in [-0.15, -0.1) is 0 Å². The topological polar surface area (TPSA) is 149 Å². The number of rotatable bonds is 31. The average molecular weight is 1040 g/mol. The summed E-state index contributed by atoms with van der Waals surface area (Å²) in [5.41, 5.74) is 0.666. The number of esters is 1. The first-order chi connectivity index (χ1) is 31.1. The standard InChI is InChI=1S/C49H97NO14Si4/c1-36(61-62-40(32-52-26-28-58-65(14,15)46(2,3)4)33-53-27-29-59-66(16,17)47(5,6)7)44-43-41-31-38(45(43)60-50-44)30-37(41)22-24-55-42(51)23-25-54-39(34-56-63-67(18,19)48(8,9)10)35-57-64-68(20,21)49(11,12)13/h37-41,43,45H,1,22-35H2,2-21H3. The minimum absolute atomic E-state index is 0.0208. The Kier molecular flexibility index (Phi) is 22.7. The summed E-state index contributed by atoms with van der Waals surface area (Å²) < 4.78 is 48.4. The summed E-state index contributed by atoms with van der Waals surface area (Å²) in [5, 5.41) is 4.65. The molecule has 0 radical (unpaired) electrons. The number of ether oxygens (including phenoxy) is 4. The molecule has 5 atom stereocenters. The molecule has 0 amide bonds. The number of nitrogens with zero attached hydrogens (tertiary/aromatic N) is 1. The van der Waals surface area contributed by atoms with E-state index in [1.807, 2.05) is 0 Å². The van der Waals surface area contributed by atoms with E-state index in [4.69, 9.17) is 61.3 Å². The Bertz CT molecular complexity index is 1530. The molecule has 1 heterocycles. The Labute approximate surface area is 416 Å². The zero-order valence-electron chi connectivity index (χ0n) is 46.3. The van der Waals surface area contributed by atoms with E-state index in [1.54, 1.807) is 0 Å². The van der Waals surface area contributed by atoms with Crippen LogP contribution in [0.4, 0.5) is 0 Å². The fraction of sp³-hybridized carbons (Fsp3) is 0.918. The van der Waals surface area contributed by atoms with Gasteiger partial charge < -0.3 is 37.5 Å². The van der Waals surface area contributed by atoms with E-state index >= 15 is 0 Å². The first kappa shape index (κ1) is 61.2. The predicted octanol–water partition coefficient (Wildman–Crippen LogP) is 11.5. The Morgan fingerprint density at radius 2 is 1.13 bits per heavy atom. The molecule has 5 unspecified atom stereocenters. The van der Waals surface area contributed by atoms with Gasteiger partial charge in [0.1, 0.15) is 31.1 Å². The van der Waals surface area contributed by atoms with Crippen molar-refractivity contribution >= 4 is 45.0 Å². The van der Waals surface area contributed by atoms with Gasteiger partial charge in [0, 0.05) is 0 Å². The van der Waals surface area contributed by atoms with Crippen LogP contribution in [0.3, 0.4) is 0 Å². The van der Waals surface area contributed by atoms with Crippen LogP contribution in [0.5, 0.6) is 0 Å². The number of oxime groups is 1. The smallest absolute Gasteiger partial charge is 0.308 e. The minimum Gasteiger partial charge on any atom is -0.466 e. The Hall–Kier alpha value is -1.05. The molecule has 398 valence electrons. The van der Waals surface area contributed by atoms with Crippen LogP contribution in [0.2, 0.25) is 72.5 Å². The van der Waals surface area contributed by atoms with Gasteiger partial charge in [0.2, 0.25) is 16.6 Å². The van der Waals surface area contributed by atoms with Crippen LogP contribution in [0.25, 0.3) is 0 Å². The van der Waals surface area contributed by atoms with Crippen LogP contribution < -0.4 is 0 Å². The molecule has 0 aromatic heterocycles. The zero-order valence-corrected chi connectivity index (χ0v) is 50.3. The van der Waals surface area contributed by atoms with Crippen molar-refractivity contribution in [2.24, 2.45) is 28.8 Å². The maximum absolute atomic E-state index is 13.0. The summed E-state index contributed by atoms with van der Waals surface area (Å²) in [6, 6.07) is 0. The maximum Gasteiger partial charge on any atom is 0.308 e. The summed E-state index contributed by atoms with van der Waals surface area (Å²) in [4.78, 5) is 42.3. The molecule has 68 heavy (non-hydrogen) atoms. The highest BCUT2D eigenvalue weighted by Crippen LogP contribution is 2.57. The average Bonchev–Trinajstić information content (AvgIpc) is 3.91. The van der Waals surface area contributed by atoms with E-state index in [0.717, 1.165) is 19.3 Å². The highest BCUT2D eigenvalue weighted by atomic mass is 28.4. The lowest BCUT2D eigenvalue weighted by atomic mass is 9.75. The first-order valence-corrected chi connectivity index (χ1v) is 36.8. The third-order valence-corrected chi connectivity index (χ3v) is 33.3. The second kappa shape index (κ2) is 25.3. The summed E-state index contributed by atoms with van der Waals surface area (Å²) in [6.07, 6.45) is 1.77. The summed E-state index contributed by atoms with van der Waals surface area (Å²) >= 11 is 0. The van der Waals surface area contributed by atoms with Gasteiger partial charge in [0.15, 0.2) is 28.5 Å². The molecule has 2 saturated carbocycles. The van der Waals surface area contributed by atoms with E-state index in [9.17, 15) is 4.79 Å². The van der Waals surface area contributed by atoms with Crippen molar-refractivity contribution in [3.63, 3.8) is 0 Å². The van der Waals surface area contributed by atoms with Crippen LogP contribution in [0, 0.1) is 23.7 Å². The van der Waals surface area contributed by atoms with Crippen molar-refractivity contribution < 1.29 is 66.1 Å². The van der Waals surface area contributed by atoms with Gasteiger partial charge in [-0.25, -0.2) is 9.78 Å². The Balaban J connectivity index is 1.49. The lowest BCUT2D eigenvalue weighted by Crippen LogP contribution is -2.43. The SMILES string of the molecule is C=C(OOC(COCCO[Si](C)(C)C(C)(C)C)COCCO[Si](C)(C)C(C)(C)C)C1=NOC2C3CC(CCOC(=O)CCOC(COO[Si](C)(C)C(C)(C)C)COO[Si](C)(C)C(C)(C)C)C(C3)C12. The highest BCUT2D eigenvalue weighted by molar-refractivity contribution is 6.75. The van der Waals surface area contributed by atoms with Crippen molar-refractivity contribution in [2.75, 3.05) is 66.1 Å². The van der Waals surface area contributed by atoms with Crippen molar-refractivity contribution in [1.29, 1.82) is 0 Å². The molecule has 2 bridgehead atoms. The van der Waals surface area contributed by atoms with Crippen LogP contribution in [-0.4, -0.2) is 129 Å². The maximum atomic E-state index is 13.0. The molecular weight excluding hydrogens is 939 g/mol. The summed E-state index contributed by atoms with van der Waals surface area (Å²) in [6.45, 7) is 50.9. The molecular formula is C49H97NO14Si4. The van der Waals surface area contributed by atoms with Crippen LogP contribution in [-0.2, 0) is 66.1 Å². The summed E-state index contributed by atoms with van der Waals surface area (Å²) in [5.74, 6) is 1.00. The molecule has 2 aliphatic carbocycles. The fourth-order valence-electron chi connectivity index (χ4n) is 7.16. The quantitative estimate of drug-likeness (QED) is 0.0162. The molecule has 0 aromatic rings. The number of carbonyl (C=O) groups excluding carboxylic acids is 1. The van der Waals surface area contributed by atoms with Gasteiger partial charge in [0.05, 0.1) is 65.2 Å². The first-order valence-electron chi connectivity index (χ1n) is 25.2. The third kappa shape index (κ3) is 18.2. The molecule has 0 N–H and O–H groups in total. The minimum atomic E-state index is -2.15. The molecule has 1 aliphatic heterocycles. The van der Waals surface area contributed by atoms with Crippen molar-refractivity contribution in [3.05, 3.63) is 12.3 Å². The van der Waals surface area contributed by atoms with Gasteiger partial charge in [0.25, 0.3) is 0 Å². The number of hydrogen-bond donors (Lipinski definition) is 0. The van der Waals surface area contributed by atoms with E-state index in [-0.39, 0.29) is 77.6 Å². The molecule has 0 spiro atoms. The number of carbonyl (C=O) groups is 1. The largest absolute Gasteiger partial charge is 0.466 e. The van der Waals surface area contributed by atoms with Gasteiger partial charge >= 0.3 is 5.97 Å². The van der Waals surface area contributed by atoms with Crippen molar-refractivity contribution in [3.8, 4) is 0 Å². The van der Waals surface area contributed by atoms with Crippen LogP contribution in [0.1, 0.15) is 109 Å².